The maximum absolute atomic E-state index is 4.39. The summed E-state index contributed by atoms with van der Waals surface area (Å²) in [5.41, 5.74) is 1.20. The number of benzene rings is 1. The lowest BCUT2D eigenvalue weighted by Gasteiger charge is -2.05. The van der Waals surface area contributed by atoms with Gasteiger partial charge >= 0.3 is 0 Å². The van der Waals surface area contributed by atoms with Gasteiger partial charge in [0.1, 0.15) is 17.0 Å². The minimum absolute atomic E-state index is 0.728. The molecule has 4 rings (SSSR count). The number of nitrogens with one attached hydrogen (secondary N) is 1. The van der Waals surface area contributed by atoms with Crippen molar-refractivity contribution in [1.29, 1.82) is 0 Å². The maximum atomic E-state index is 4.39. The van der Waals surface area contributed by atoms with Crippen molar-refractivity contribution in [2.75, 3.05) is 11.9 Å². The molecule has 114 valence electrons. The first-order valence-electron chi connectivity index (χ1n) is 7.28. The zero-order chi connectivity index (χ0) is 15.5. The molecule has 0 bridgehead atoms. The number of hydrogen-bond acceptors (Lipinski definition) is 6. The average Bonchev–Trinajstić information content (AvgIpc) is 3.25. The van der Waals surface area contributed by atoms with Crippen molar-refractivity contribution < 1.29 is 0 Å². The molecule has 6 nitrogen and oxygen atoms in total. The van der Waals surface area contributed by atoms with Gasteiger partial charge in [-0.1, -0.05) is 35.5 Å². The molecule has 1 aromatic carbocycles. The second-order valence-electron chi connectivity index (χ2n) is 5.01. The highest BCUT2D eigenvalue weighted by atomic mass is 32.1. The fourth-order valence-corrected chi connectivity index (χ4v) is 3.39. The van der Waals surface area contributed by atoms with E-state index in [9.17, 15) is 0 Å². The lowest BCUT2D eigenvalue weighted by atomic mass is 10.2. The lowest BCUT2D eigenvalue weighted by molar-refractivity contribution is 0.608. The molecule has 0 unspecified atom stereocenters. The smallest absolute Gasteiger partial charge is 0.138 e. The van der Waals surface area contributed by atoms with Gasteiger partial charge in [-0.05, 0) is 11.6 Å². The quantitative estimate of drug-likeness (QED) is 0.611. The monoisotopic (exact) mass is 322 g/mol. The highest BCUT2D eigenvalue weighted by Crippen LogP contribution is 2.34. The molecule has 0 spiro atoms. The molecule has 7 heteroatoms. The van der Waals surface area contributed by atoms with E-state index >= 15 is 0 Å². The molecule has 1 N–H and O–H groups in total. The van der Waals surface area contributed by atoms with Crippen LogP contribution in [-0.4, -0.2) is 31.5 Å². The predicted octanol–water partition coefficient (Wildman–Crippen LogP) is 3.06. The number of fused-ring (bicyclic) bond motifs is 1. The molecular weight excluding hydrogens is 308 g/mol. The fourth-order valence-electron chi connectivity index (χ4n) is 2.38. The molecule has 0 atom stereocenters. The Bertz CT molecular complexity index is 901. The van der Waals surface area contributed by atoms with Crippen molar-refractivity contribution in [2.45, 2.75) is 6.54 Å². The summed E-state index contributed by atoms with van der Waals surface area (Å²) in [7, 11) is 0. The normalized spacial score (nSPS) is 11.0. The van der Waals surface area contributed by atoms with Gasteiger partial charge in [0.25, 0.3) is 0 Å². The number of thiophene rings is 1. The average molecular weight is 322 g/mol. The third-order valence-corrected chi connectivity index (χ3v) is 4.59. The van der Waals surface area contributed by atoms with E-state index in [-0.39, 0.29) is 0 Å². The first kappa shape index (κ1) is 13.8. The summed E-state index contributed by atoms with van der Waals surface area (Å²) >= 11 is 1.68. The minimum atomic E-state index is 0.728. The molecule has 3 aromatic heterocycles. The van der Waals surface area contributed by atoms with E-state index < -0.39 is 0 Å². The van der Waals surface area contributed by atoms with E-state index in [0.717, 1.165) is 29.1 Å². The Kier molecular flexibility index (Phi) is 3.69. The molecule has 0 radical (unpaired) electrons. The van der Waals surface area contributed by atoms with Crippen LogP contribution in [0.4, 0.5) is 5.82 Å². The Labute approximate surface area is 136 Å². The molecule has 0 amide bonds. The van der Waals surface area contributed by atoms with Crippen LogP contribution in [-0.2, 0) is 6.54 Å². The van der Waals surface area contributed by atoms with Crippen LogP contribution in [0.1, 0.15) is 0 Å². The summed E-state index contributed by atoms with van der Waals surface area (Å²) in [6.45, 7) is 1.47. The lowest BCUT2D eigenvalue weighted by Crippen LogP contribution is -2.12. The van der Waals surface area contributed by atoms with Crippen LogP contribution in [0.5, 0.6) is 0 Å². The summed E-state index contributed by atoms with van der Waals surface area (Å²) in [6.07, 6.45) is 5.12. The topological polar surface area (TPSA) is 68.5 Å². The highest BCUT2D eigenvalue weighted by Gasteiger charge is 2.09. The third kappa shape index (κ3) is 2.91. The van der Waals surface area contributed by atoms with Gasteiger partial charge in [0.15, 0.2) is 0 Å². The van der Waals surface area contributed by atoms with Crippen LogP contribution < -0.4 is 5.32 Å². The van der Waals surface area contributed by atoms with E-state index in [1.807, 2.05) is 24.4 Å². The van der Waals surface area contributed by atoms with Crippen molar-refractivity contribution >= 4 is 27.4 Å². The van der Waals surface area contributed by atoms with Crippen molar-refractivity contribution in [2.24, 2.45) is 0 Å². The van der Waals surface area contributed by atoms with Gasteiger partial charge < -0.3 is 5.32 Å². The van der Waals surface area contributed by atoms with Crippen LogP contribution in [0.2, 0.25) is 0 Å². The second kappa shape index (κ2) is 6.13. The molecular formula is C16H14N6S. The van der Waals surface area contributed by atoms with Crippen molar-refractivity contribution in [3.05, 3.63) is 55.1 Å². The maximum Gasteiger partial charge on any atom is 0.138 e. The van der Waals surface area contributed by atoms with Crippen molar-refractivity contribution in [1.82, 2.24) is 25.0 Å². The SMILES string of the molecule is c1ccc(-c2cc3c(NCCn4ccnn4)ncnc3s2)cc1. The molecule has 0 aliphatic heterocycles. The fraction of sp³-hybridized carbons (Fsp3) is 0.125. The van der Waals surface area contributed by atoms with E-state index in [2.05, 4.69) is 43.8 Å². The Morgan fingerprint density at radius 3 is 2.87 bits per heavy atom. The predicted molar refractivity (Wildman–Crippen MR) is 91.4 cm³/mol. The third-order valence-electron chi connectivity index (χ3n) is 3.49. The zero-order valence-corrected chi connectivity index (χ0v) is 13.1. The zero-order valence-electron chi connectivity index (χ0n) is 12.3. The summed E-state index contributed by atoms with van der Waals surface area (Å²) < 4.78 is 1.79. The van der Waals surface area contributed by atoms with Crippen LogP contribution in [0.25, 0.3) is 20.7 Å². The summed E-state index contributed by atoms with van der Waals surface area (Å²) in [6, 6.07) is 12.5. The van der Waals surface area contributed by atoms with Crippen LogP contribution in [0.3, 0.4) is 0 Å². The van der Waals surface area contributed by atoms with Crippen molar-refractivity contribution in [3.63, 3.8) is 0 Å². The van der Waals surface area contributed by atoms with Crippen LogP contribution in [0.15, 0.2) is 55.1 Å². The van der Waals surface area contributed by atoms with E-state index in [4.69, 9.17) is 0 Å². The molecule has 0 aliphatic carbocycles. The van der Waals surface area contributed by atoms with Crippen LogP contribution >= 0.6 is 11.3 Å². The number of rotatable bonds is 5. The number of anilines is 1. The Hall–Kier alpha value is -2.80. The van der Waals surface area contributed by atoms with Gasteiger partial charge in [-0.15, -0.1) is 16.4 Å². The van der Waals surface area contributed by atoms with Crippen LogP contribution in [0, 0.1) is 0 Å². The highest BCUT2D eigenvalue weighted by molar-refractivity contribution is 7.21. The Balaban J connectivity index is 1.58. The molecule has 0 fully saturated rings. The Morgan fingerprint density at radius 1 is 1.13 bits per heavy atom. The van der Waals surface area contributed by atoms with E-state index in [1.54, 1.807) is 28.5 Å². The van der Waals surface area contributed by atoms with Gasteiger partial charge in [0, 0.05) is 17.6 Å². The first-order valence-corrected chi connectivity index (χ1v) is 8.10. The van der Waals surface area contributed by atoms with Gasteiger partial charge in [-0.25, -0.2) is 9.97 Å². The second-order valence-corrected chi connectivity index (χ2v) is 6.04. The molecule has 4 aromatic rings. The minimum Gasteiger partial charge on any atom is -0.368 e. The van der Waals surface area contributed by atoms with Gasteiger partial charge in [0.2, 0.25) is 0 Å². The molecule has 0 aliphatic rings. The summed E-state index contributed by atoms with van der Waals surface area (Å²) in [5.74, 6) is 0.855. The summed E-state index contributed by atoms with van der Waals surface area (Å²) in [4.78, 5) is 10.9. The molecule has 0 saturated heterocycles. The first-order chi connectivity index (χ1) is 11.4. The van der Waals surface area contributed by atoms with E-state index in [1.165, 1.54) is 10.4 Å². The molecule has 23 heavy (non-hydrogen) atoms. The van der Waals surface area contributed by atoms with Gasteiger partial charge in [-0.2, -0.15) is 0 Å². The number of nitrogens with zero attached hydrogens (tertiary/aromatic N) is 5. The summed E-state index contributed by atoms with van der Waals surface area (Å²) in [5, 5.41) is 12.2. The van der Waals surface area contributed by atoms with Crippen molar-refractivity contribution in [3.8, 4) is 10.4 Å². The largest absolute Gasteiger partial charge is 0.368 e. The van der Waals surface area contributed by atoms with Gasteiger partial charge in [-0.3, -0.25) is 4.68 Å². The number of aromatic nitrogens is 5. The number of hydrogen-bond donors (Lipinski definition) is 1. The Morgan fingerprint density at radius 2 is 2.04 bits per heavy atom. The molecule has 0 saturated carbocycles. The standard InChI is InChI=1S/C16H14N6S/c1-2-4-12(5-3-1)14-10-13-15(18-11-19-16(13)23-14)17-6-8-22-9-7-20-21-22/h1-5,7,9-11H,6,8H2,(H,17,18,19). The molecule has 3 heterocycles. The van der Waals surface area contributed by atoms with Gasteiger partial charge in [0.05, 0.1) is 18.1 Å². The van der Waals surface area contributed by atoms with E-state index in [0.29, 0.717) is 0 Å².